The fourth-order valence-corrected chi connectivity index (χ4v) is 2.46. The Kier molecular flexibility index (Phi) is 3.02. The Morgan fingerprint density at radius 3 is 3.06 bits per heavy atom. The van der Waals surface area contributed by atoms with Gasteiger partial charge in [0.2, 0.25) is 0 Å². The van der Waals surface area contributed by atoms with Crippen LogP contribution in [0.25, 0.3) is 0 Å². The van der Waals surface area contributed by atoms with Crippen LogP contribution >= 0.6 is 0 Å². The van der Waals surface area contributed by atoms with Gasteiger partial charge in [-0.2, -0.15) is 5.10 Å². The highest BCUT2D eigenvalue weighted by Crippen LogP contribution is 2.23. The molecule has 18 heavy (non-hydrogen) atoms. The van der Waals surface area contributed by atoms with Crippen LogP contribution in [0, 0.1) is 0 Å². The van der Waals surface area contributed by atoms with Crippen molar-refractivity contribution >= 4 is 5.69 Å². The second-order valence-corrected chi connectivity index (χ2v) is 4.75. The normalized spacial score (nSPS) is 15.3. The SMILES string of the molecule is Cn1cc(CN2CCNCc3ccccc32)cn1. The third-order valence-electron chi connectivity index (χ3n) is 3.34. The van der Waals surface area contributed by atoms with E-state index in [0.717, 1.165) is 26.2 Å². The topological polar surface area (TPSA) is 33.1 Å². The van der Waals surface area contributed by atoms with Gasteiger partial charge in [0.05, 0.1) is 6.20 Å². The molecule has 4 heteroatoms. The summed E-state index contributed by atoms with van der Waals surface area (Å²) in [6, 6.07) is 8.62. The zero-order chi connectivity index (χ0) is 12.4. The van der Waals surface area contributed by atoms with Crippen LogP contribution in [0.2, 0.25) is 0 Å². The number of hydrogen-bond acceptors (Lipinski definition) is 3. The van der Waals surface area contributed by atoms with Crippen molar-refractivity contribution in [2.75, 3.05) is 18.0 Å². The first-order valence-electron chi connectivity index (χ1n) is 6.34. The van der Waals surface area contributed by atoms with E-state index in [2.05, 4.69) is 45.8 Å². The van der Waals surface area contributed by atoms with Gasteiger partial charge in [0, 0.05) is 50.7 Å². The molecule has 0 amide bonds. The predicted molar refractivity (Wildman–Crippen MR) is 72.4 cm³/mol. The van der Waals surface area contributed by atoms with Crippen LogP contribution in [0.3, 0.4) is 0 Å². The van der Waals surface area contributed by atoms with E-state index in [1.807, 2.05) is 17.9 Å². The molecule has 1 aromatic carbocycles. The van der Waals surface area contributed by atoms with Crippen LogP contribution in [0.1, 0.15) is 11.1 Å². The first kappa shape index (κ1) is 11.3. The van der Waals surface area contributed by atoms with Crippen molar-refractivity contribution in [2.45, 2.75) is 13.1 Å². The molecule has 0 spiro atoms. The van der Waals surface area contributed by atoms with Crippen LogP contribution in [0.4, 0.5) is 5.69 Å². The summed E-state index contributed by atoms with van der Waals surface area (Å²) in [6.45, 7) is 3.94. The zero-order valence-electron chi connectivity index (χ0n) is 10.6. The van der Waals surface area contributed by atoms with E-state index in [9.17, 15) is 0 Å². The first-order valence-corrected chi connectivity index (χ1v) is 6.34. The van der Waals surface area contributed by atoms with E-state index in [1.165, 1.54) is 16.8 Å². The molecule has 0 radical (unpaired) electrons. The summed E-state index contributed by atoms with van der Waals surface area (Å²) in [5.74, 6) is 0. The molecule has 3 rings (SSSR count). The van der Waals surface area contributed by atoms with E-state index >= 15 is 0 Å². The van der Waals surface area contributed by atoms with E-state index in [-0.39, 0.29) is 0 Å². The molecule has 4 nitrogen and oxygen atoms in total. The number of nitrogens with zero attached hydrogens (tertiary/aromatic N) is 3. The molecule has 0 fully saturated rings. The fourth-order valence-electron chi connectivity index (χ4n) is 2.46. The van der Waals surface area contributed by atoms with Gasteiger partial charge in [-0.1, -0.05) is 18.2 Å². The lowest BCUT2D eigenvalue weighted by Gasteiger charge is -2.23. The standard InChI is InChI=1S/C14H18N4/c1-17-10-12(8-16-17)11-18-7-6-15-9-13-4-2-3-5-14(13)18/h2-5,8,10,15H,6-7,9,11H2,1H3. The summed E-state index contributed by atoms with van der Waals surface area (Å²) in [6.07, 6.45) is 4.03. The molecule has 0 saturated carbocycles. The highest BCUT2D eigenvalue weighted by Gasteiger charge is 2.14. The van der Waals surface area contributed by atoms with Gasteiger partial charge in [0.25, 0.3) is 0 Å². The van der Waals surface area contributed by atoms with Crippen molar-refractivity contribution in [2.24, 2.45) is 7.05 Å². The number of hydrogen-bond donors (Lipinski definition) is 1. The van der Waals surface area contributed by atoms with Crippen molar-refractivity contribution < 1.29 is 0 Å². The Morgan fingerprint density at radius 2 is 2.22 bits per heavy atom. The maximum Gasteiger partial charge on any atom is 0.0539 e. The monoisotopic (exact) mass is 242 g/mol. The molecule has 94 valence electrons. The number of aryl methyl sites for hydroxylation is 1. The van der Waals surface area contributed by atoms with Crippen LogP contribution in [0.15, 0.2) is 36.7 Å². The fraction of sp³-hybridized carbons (Fsp3) is 0.357. The Labute approximate surface area is 107 Å². The predicted octanol–water partition coefficient (Wildman–Crippen LogP) is 1.53. The average molecular weight is 242 g/mol. The number of rotatable bonds is 2. The van der Waals surface area contributed by atoms with E-state index in [4.69, 9.17) is 0 Å². The lowest BCUT2D eigenvalue weighted by atomic mass is 10.1. The summed E-state index contributed by atoms with van der Waals surface area (Å²) in [5, 5.41) is 7.70. The van der Waals surface area contributed by atoms with Crippen LogP contribution < -0.4 is 10.2 Å². The third kappa shape index (κ3) is 2.24. The molecule has 1 aliphatic heterocycles. The van der Waals surface area contributed by atoms with Crippen molar-refractivity contribution in [3.05, 3.63) is 47.8 Å². The van der Waals surface area contributed by atoms with Crippen molar-refractivity contribution in [1.82, 2.24) is 15.1 Å². The quantitative estimate of drug-likeness (QED) is 0.867. The van der Waals surface area contributed by atoms with Gasteiger partial charge in [0.15, 0.2) is 0 Å². The minimum absolute atomic E-state index is 0.923. The summed E-state index contributed by atoms with van der Waals surface area (Å²) in [5.41, 5.74) is 3.97. The van der Waals surface area contributed by atoms with Crippen LogP contribution in [-0.2, 0) is 20.1 Å². The Hall–Kier alpha value is -1.81. The highest BCUT2D eigenvalue weighted by atomic mass is 15.2. The summed E-state index contributed by atoms with van der Waals surface area (Å²) in [4.78, 5) is 2.42. The van der Waals surface area contributed by atoms with Gasteiger partial charge in [-0.3, -0.25) is 4.68 Å². The number of anilines is 1. The number of benzene rings is 1. The average Bonchev–Trinajstić information content (AvgIpc) is 2.68. The number of fused-ring (bicyclic) bond motifs is 1. The molecule has 0 atom stereocenters. The van der Waals surface area contributed by atoms with Crippen molar-refractivity contribution in [3.8, 4) is 0 Å². The second-order valence-electron chi connectivity index (χ2n) is 4.75. The zero-order valence-corrected chi connectivity index (χ0v) is 10.6. The van der Waals surface area contributed by atoms with Crippen molar-refractivity contribution in [1.29, 1.82) is 0 Å². The first-order chi connectivity index (χ1) is 8.83. The second kappa shape index (κ2) is 4.82. The maximum atomic E-state index is 4.24. The summed E-state index contributed by atoms with van der Waals surface area (Å²) < 4.78 is 1.86. The van der Waals surface area contributed by atoms with Gasteiger partial charge in [-0.15, -0.1) is 0 Å². The van der Waals surface area contributed by atoms with Crippen LogP contribution in [0.5, 0.6) is 0 Å². The molecule has 1 aromatic heterocycles. The Morgan fingerprint density at radius 1 is 1.33 bits per heavy atom. The van der Waals surface area contributed by atoms with Crippen molar-refractivity contribution in [3.63, 3.8) is 0 Å². The molecule has 1 aliphatic rings. The van der Waals surface area contributed by atoms with E-state index < -0.39 is 0 Å². The lowest BCUT2D eigenvalue weighted by molar-refractivity contribution is 0.688. The Bertz CT molecular complexity index is 532. The lowest BCUT2D eigenvalue weighted by Crippen LogP contribution is -2.28. The summed E-state index contributed by atoms with van der Waals surface area (Å²) >= 11 is 0. The minimum Gasteiger partial charge on any atom is -0.366 e. The third-order valence-corrected chi connectivity index (χ3v) is 3.34. The summed E-state index contributed by atoms with van der Waals surface area (Å²) in [7, 11) is 1.96. The molecule has 0 aliphatic carbocycles. The largest absolute Gasteiger partial charge is 0.366 e. The van der Waals surface area contributed by atoms with Crippen LogP contribution in [-0.4, -0.2) is 22.9 Å². The van der Waals surface area contributed by atoms with Gasteiger partial charge in [-0.05, 0) is 11.6 Å². The Balaban J connectivity index is 1.87. The smallest absolute Gasteiger partial charge is 0.0539 e. The molecule has 1 N–H and O–H groups in total. The molecule has 2 heterocycles. The van der Waals surface area contributed by atoms with E-state index in [1.54, 1.807) is 0 Å². The molecule has 0 bridgehead atoms. The van der Waals surface area contributed by atoms with E-state index in [0.29, 0.717) is 0 Å². The van der Waals surface area contributed by atoms with Gasteiger partial charge in [0.1, 0.15) is 0 Å². The molecule has 2 aromatic rings. The molecule has 0 unspecified atom stereocenters. The number of aromatic nitrogens is 2. The van der Waals surface area contributed by atoms with Gasteiger partial charge >= 0.3 is 0 Å². The molecular weight excluding hydrogens is 224 g/mol. The molecular formula is C14H18N4. The number of para-hydroxylation sites is 1. The van der Waals surface area contributed by atoms with Gasteiger partial charge in [-0.25, -0.2) is 0 Å². The van der Waals surface area contributed by atoms with Gasteiger partial charge < -0.3 is 10.2 Å². The molecule has 0 saturated heterocycles. The maximum absolute atomic E-state index is 4.24. The minimum atomic E-state index is 0.923. The number of nitrogens with one attached hydrogen (secondary N) is 1. The highest BCUT2D eigenvalue weighted by molar-refractivity contribution is 5.54.